The van der Waals surface area contributed by atoms with Crippen LogP contribution >= 0.6 is 0 Å². The molecule has 1 heterocycles. The fraction of sp³-hybridized carbons (Fsp3) is 0.133. The number of aromatic nitrogens is 1. The minimum atomic E-state index is 0.176. The van der Waals surface area contributed by atoms with Gasteiger partial charge in [-0.1, -0.05) is 6.07 Å². The molecular formula is C15H12N2O3. The number of nitrogens with zero attached hydrogens (tertiary/aromatic N) is 2. The second-order valence-electron chi connectivity index (χ2n) is 3.94. The minimum Gasteiger partial charge on any atom is -0.493 e. The number of benzene rings is 1. The van der Waals surface area contributed by atoms with Crippen LogP contribution < -0.4 is 9.47 Å². The van der Waals surface area contributed by atoms with Crippen LogP contribution in [0, 0.1) is 11.3 Å². The molecule has 2 aromatic rings. The number of nitriles is 1. The second kappa shape index (κ2) is 6.34. The Morgan fingerprint density at radius 1 is 1.35 bits per heavy atom. The summed E-state index contributed by atoms with van der Waals surface area (Å²) < 4.78 is 10.8. The number of hydrogen-bond acceptors (Lipinski definition) is 5. The number of rotatable bonds is 5. The zero-order valence-corrected chi connectivity index (χ0v) is 10.9. The fourth-order valence-electron chi connectivity index (χ4n) is 1.69. The first-order chi connectivity index (χ1) is 9.78. The van der Waals surface area contributed by atoms with Gasteiger partial charge in [0, 0.05) is 17.3 Å². The highest BCUT2D eigenvalue weighted by Gasteiger charge is 2.08. The van der Waals surface area contributed by atoms with Crippen LogP contribution in [-0.4, -0.2) is 18.4 Å². The summed E-state index contributed by atoms with van der Waals surface area (Å²) in [4.78, 5) is 14.7. The lowest BCUT2D eigenvalue weighted by Crippen LogP contribution is -2.01. The molecule has 1 aromatic heterocycles. The molecule has 1 aromatic carbocycles. The summed E-state index contributed by atoms with van der Waals surface area (Å²) in [7, 11) is 1.52. The number of ether oxygens (including phenoxy) is 2. The van der Waals surface area contributed by atoms with E-state index in [9.17, 15) is 4.79 Å². The van der Waals surface area contributed by atoms with E-state index in [1.807, 2.05) is 6.07 Å². The standard InChI is InChI=1S/C15H12N2O3/c1-19-14-5-4-11(9-18)7-15(14)20-10-12-3-2-6-17-13(12)8-16/h2-7,9H,10H2,1H3. The van der Waals surface area contributed by atoms with E-state index in [-0.39, 0.29) is 6.61 Å². The number of carbonyl (C=O) groups is 1. The summed E-state index contributed by atoms with van der Waals surface area (Å²) in [6.07, 6.45) is 2.28. The molecule has 100 valence electrons. The van der Waals surface area contributed by atoms with Gasteiger partial charge in [0.2, 0.25) is 0 Å². The lowest BCUT2D eigenvalue weighted by atomic mass is 10.2. The Morgan fingerprint density at radius 3 is 2.90 bits per heavy atom. The van der Waals surface area contributed by atoms with Crippen molar-refractivity contribution in [2.75, 3.05) is 7.11 Å². The molecule has 0 radical (unpaired) electrons. The zero-order valence-electron chi connectivity index (χ0n) is 10.9. The fourth-order valence-corrected chi connectivity index (χ4v) is 1.69. The Kier molecular flexibility index (Phi) is 4.30. The summed E-state index contributed by atoms with van der Waals surface area (Å²) in [5.74, 6) is 0.975. The molecule has 0 unspecified atom stereocenters. The van der Waals surface area contributed by atoms with Crippen molar-refractivity contribution in [1.82, 2.24) is 4.98 Å². The summed E-state index contributed by atoms with van der Waals surface area (Å²) >= 11 is 0. The molecule has 0 aliphatic carbocycles. The highest BCUT2D eigenvalue weighted by molar-refractivity contribution is 5.76. The molecule has 0 atom stereocenters. The third kappa shape index (κ3) is 2.93. The van der Waals surface area contributed by atoms with Crippen LogP contribution in [0.25, 0.3) is 0 Å². The Balaban J connectivity index is 2.22. The van der Waals surface area contributed by atoms with Gasteiger partial charge in [-0.2, -0.15) is 5.26 Å². The van der Waals surface area contributed by atoms with Crippen LogP contribution in [0.15, 0.2) is 36.5 Å². The molecule has 0 aliphatic rings. The highest BCUT2D eigenvalue weighted by Crippen LogP contribution is 2.28. The van der Waals surface area contributed by atoms with Crippen LogP contribution in [0.4, 0.5) is 0 Å². The lowest BCUT2D eigenvalue weighted by molar-refractivity contribution is 0.112. The van der Waals surface area contributed by atoms with Gasteiger partial charge in [-0.25, -0.2) is 4.98 Å². The quantitative estimate of drug-likeness (QED) is 0.778. The molecule has 2 rings (SSSR count). The van der Waals surface area contributed by atoms with Crippen molar-refractivity contribution in [2.45, 2.75) is 6.61 Å². The van der Waals surface area contributed by atoms with Crippen molar-refractivity contribution in [1.29, 1.82) is 5.26 Å². The van der Waals surface area contributed by atoms with Crippen molar-refractivity contribution in [3.05, 3.63) is 53.3 Å². The Labute approximate surface area is 116 Å². The molecule has 5 nitrogen and oxygen atoms in total. The maximum atomic E-state index is 10.8. The van der Waals surface area contributed by atoms with Crippen molar-refractivity contribution in [2.24, 2.45) is 0 Å². The third-order valence-corrected chi connectivity index (χ3v) is 2.70. The van der Waals surface area contributed by atoms with Gasteiger partial charge in [0.05, 0.1) is 7.11 Å². The van der Waals surface area contributed by atoms with E-state index in [1.165, 1.54) is 7.11 Å². The monoisotopic (exact) mass is 268 g/mol. The van der Waals surface area contributed by atoms with Crippen molar-refractivity contribution < 1.29 is 14.3 Å². The number of methoxy groups -OCH3 is 1. The van der Waals surface area contributed by atoms with Gasteiger partial charge in [-0.3, -0.25) is 4.79 Å². The van der Waals surface area contributed by atoms with E-state index in [0.717, 1.165) is 6.29 Å². The second-order valence-corrected chi connectivity index (χ2v) is 3.94. The number of pyridine rings is 1. The van der Waals surface area contributed by atoms with Gasteiger partial charge in [0.25, 0.3) is 0 Å². The van der Waals surface area contributed by atoms with Crippen LogP contribution in [0.5, 0.6) is 11.5 Å². The van der Waals surface area contributed by atoms with E-state index in [2.05, 4.69) is 4.98 Å². The normalized spacial score (nSPS) is 9.60. The first kappa shape index (κ1) is 13.6. The molecule has 5 heteroatoms. The topological polar surface area (TPSA) is 72.2 Å². The highest BCUT2D eigenvalue weighted by atomic mass is 16.5. The maximum absolute atomic E-state index is 10.8. The van der Waals surface area contributed by atoms with E-state index < -0.39 is 0 Å². The molecule has 0 aliphatic heterocycles. The molecule has 20 heavy (non-hydrogen) atoms. The van der Waals surface area contributed by atoms with E-state index in [4.69, 9.17) is 14.7 Å². The predicted molar refractivity (Wildman–Crippen MR) is 71.7 cm³/mol. The van der Waals surface area contributed by atoms with Crippen LogP contribution in [0.3, 0.4) is 0 Å². The first-order valence-electron chi connectivity index (χ1n) is 5.88. The van der Waals surface area contributed by atoms with Crippen molar-refractivity contribution in [3.8, 4) is 17.6 Å². The van der Waals surface area contributed by atoms with E-state index in [1.54, 1.807) is 36.5 Å². The molecule has 0 saturated heterocycles. The molecule has 0 spiro atoms. The molecular weight excluding hydrogens is 256 g/mol. The average Bonchev–Trinajstić information content (AvgIpc) is 2.52. The third-order valence-electron chi connectivity index (χ3n) is 2.70. The van der Waals surface area contributed by atoms with E-state index in [0.29, 0.717) is 28.3 Å². The number of aldehydes is 1. The van der Waals surface area contributed by atoms with Crippen molar-refractivity contribution >= 4 is 6.29 Å². The van der Waals surface area contributed by atoms with Gasteiger partial charge in [-0.15, -0.1) is 0 Å². The lowest BCUT2D eigenvalue weighted by Gasteiger charge is -2.11. The van der Waals surface area contributed by atoms with Gasteiger partial charge < -0.3 is 9.47 Å². The molecule has 0 amide bonds. The molecule has 0 fully saturated rings. The van der Waals surface area contributed by atoms with Crippen LogP contribution in [0.2, 0.25) is 0 Å². The Bertz CT molecular complexity index is 662. The van der Waals surface area contributed by atoms with E-state index >= 15 is 0 Å². The number of carbonyl (C=O) groups excluding carboxylic acids is 1. The van der Waals surface area contributed by atoms with Gasteiger partial charge in [0.15, 0.2) is 11.5 Å². The van der Waals surface area contributed by atoms with Crippen molar-refractivity contribution in [3.63, 3.8) is 0 Å². The average molecular weight is 268 g/mol. The van der Waals surface area contributed by atoms with Gasteiger partial charge in [-0.05, 0) is 24.3 Å². The first-order valence-corrected chi connectivity index (χ1v) is 5.88. The maximum Gasteiger partial charge on any atom is 0.162 e. The van der Waals surface area contributed by atoms with Gasteiger partial charge >= 0.3 is 0 Å². The summed E-state index contributed by atoms with van der Waals surface area (Å²) in [5, 5.41) is 8.96. The molecule has 0 bridgehead atoms. The predicted octanol–water partition coefficient (Wildman–Crippen LogP) is 2.35. The summed E-state index contributed by atoms with van der Waals surface area (Å²) in [5.41, 5.74) is 1.49. The number of hydrogen-bond donors (Lipinski definition) is 0. The SMILES string of the molecule is COc1ccc(C=O)cc1OCc1cccnc1C#N. The Hall–Kier alpha value is -2.87. The molecule has 0 saturated carbocycles. The van der Waals surface area contributed by atoms with Crippen LogP contribution in [-0.2, 0) is 6.61 Å². The smallest absolute Gasteiger partial charge is 0.162 e. The Morgan fingerprint density at radius 2 is 2.20 bits per heavy atom. The zero-order chi connectivity index (χ0) is 14.4. The molecule has 0 N–H and O–H groups in total. The summed E-state index contributed by atoms with van der Waals surface area (Å²) in [6, 6.07) is 10.4. The van der Waals surface area contributed by atoms with Crippen LogP contribution in [0.1, 0.15) is 21.6 Å². The summed E-state index contributed by atoms with van der Waals surface area (Å²) in [6.45, 7) is 0.176. The largest absolute Gasteiger partial charge is 0.493 e. The minimum absolute atomic E-state index is 0.176. The van der Waals surface area contributed by atoms with Gasteiger partial charge in [0.1, 0.15) is 24.7 Å².